The molecule has 22 heavy (non-hydrogen) atoms. The smallest absolute Gasteiger partial charge is 0.306 e. The Labute approximate surface area is 133 Å². The molecule has 0 bridgehead atoms. The van der Waals surface area contributed by atoms with Crippen molar-refractivity contribution in [1.29, 1.82) is 0 Å². The lowest BCUT2D eigenvalue weighted by Crippen LogP contribution is -2.46. The second-order valence-corrected chi connectivity index (χ2v) is 5.44. The fraction of sp³-hybridized carbons (Fsp3) is 0.500. The first kappa shape index (κ1) is 16.6. The van der Waals surface area contributed by atoms with Crippen LogP contribution in [0.5, 0.6) is 0 Å². The summed E-state index contributed by atoms with van der Waals surface area (Å²) in [7, 11) is 0. The third-order valence-electron chi connectivity index (χ3n) is 3.84. The van der Waals surface area contributed by atoms with E-state index in [-0.39, 0.29) is 5.97 Å². The van der Waals surface area contributed by atoms with Crippen LogP contribution in [-0.2, 0) is 9.53 Å². The Morgan fingerprint density at radius 2 is 1.86 bits per heavy atom. The molecule has 2 rings (SSSR count). The fourth-order valence-corrected chi connectivity index (χ4v) is 2.60. The van der Waals surface area contributed by atoms with Crippen molar-refractivity contribution >= 4 is 11.7 Å². The molecule has 0 aromatic heterocycles. The first-order chi connectivity index (χ1) is 10.8. The standard InChI is InChI=1S/C18H26N2O2/c1-2-22-18(21)11-7-4-8-12-19-13-15-20(16-14-19)17-9-5-3-6-10-17/h3-6,8-10H,2,7,11-16H2,1H3/b8-4+. The highest BCUT2D eigenvalue weighted by Crippen LogP contribution is 2.15. The minimum absolute atomic E-state index is 0.108. The maximum atomic E-state index is 11.2. The average Bonchev–Trinajstić information content (AvgIpc) is 2.56. The number of rotatable bonds is 7. The second kappa shape index (κ2) is 9.26. The Kier molecular flexibility index (Phi) is 6.97. The van der Waals surface area contributed by atoms with Crippen LogP contribution < -0.4 is 4.90 Å². The van der Waals surface area contributed by atoms with Crippen LogP contribution >= 0.6 is 0 Å². The Balaban J connectivity index is 1.62. The first-order valence-electron chi connectivity index (χ1n) is 8.12. The van der Waals surface area contributed by atoms with E-state index in [9.17, 15) is 4.79 Å². The summed E-state index contributed by atoms with van der Waals surface area (Å²) in [6, 6.07) is 10.6. The third kappa shape index (κ3) is 5.53. The lowest BCUT2D eigenvalue weighted by atomic mass is 10.2. The van der Waals surface area contributed by atoms with Gasteiger partial charge in [0.1, 0.15) is 0 Å². The lowest BCUT2D eigenvalue weighted by molar-refractivity contribution is -0.142. The zero-order valence-electron chi connectivity index (χ0n) is 13.4. The van der Waals surface area contributed by atoms with Gasteiger partial charge in [0.25, 0.3) is 0 Å². The topological polar surface area (TPSA) is 32.8 Å². The van der Waals surface area contributed by atoms with Crippen molar-refractivity contribution in [2.75, 3.05) is 44.2 Å². The van der Waals surface area contributed by atoms with Crippen LogP contribution in [0.2, 0.25) is 0 Å². The van der Waals surface area contributed by atoms with Crippen molar-refractivity contribution < 1.29 is 9.53 Å². The van der Waals surface area contributed by atoms with Crippen LogP contribution in [0.3, 0.4) is 0 Å². The van der Waals surface area contributed by atoms with Gasteiger partial charge in [0, 0.05) is 44.8 Å². The number of carbonyl (C=O) groups excluding carboxylic acids is 1. The van der Waals surface area contributed by atoms with Gasteiger partial charge >= 0.3 is 5.97 Å². The molecule has 4 heteroatoms. The Hall–Kier alpha value is -1.81. The van der Waals surface area contributed by atoms with Gasteiger partial charge in [0.05, 0.1) is 6.61 Å². The maximum absolute atomic E-state index is 11.2. The van der Waals surface area contributed by atoms with E-state index in [2.05, 4.69) is 52.3 Å². The highest BCUT2D eigenvalue weighted by Gasteiger charge is 2.15. The van der Waals surface area contributed by atoms with E-state index in [0.29, 0.717) is 13.0 Å². The van der Waals surface area contributed by atoms with E-state index in [0.717, 1.165) is 39.1 Å². The molecule has 0 aliphatic carbocycles. The average molecular weight is 302 g/mol. The first-order valence-corrected chi connectivity index (χ1v) is 8.12. The number of para-hydroxylation sites is 1. The van der Waals surface area contributed by atoms with Crippen LogP contribution in [0.1, 0.15) is 19.8 Å². The molecular weight excluding hydrogens is 276 g/mol. The molecule has 1 fully saturated rings. The molecule has 1 aliphatic rings. The molecule has 0 saturated carbocycles. The zero-order valence-corrected chi connectivity index (χ0v) is 13.4. The number of anilines is 1. The quantitative estimate of drug-likeness (QED) is 0.573. The summed E-state index contributed by atoms with van der Waals surface area (Å²) in [6.45, 7) is 7.57. The van der Waals surface area contributed by atoms with E-state index in [1.807, 2.05) is 6.92 Å². The van der Waals surface area contributed by atoms with Crippen molar-refractivity contribution in [2.45, 2.75) is 19.8 Å². The number of piperazine rings is 1. The largest absolute Gasteiger partial charge is 0.466 e. The molecule has 1 heterocycles. The van der Waals surface area contributed by atoms with Crippen molar-refractivity contribution in [3.05, 3.63) is 42.5 Å². The predicted octanol–water partition coefficient (Wildman–Crippen LogP) is 2.71. The van der Waals surface area contributed by atoms with Gasteiger partial charge in [-0.2, -0.15) is 0 Å². The Morgan fingerprint density at radius 1 is 1.14 bits per heavy atom. The normalized spacial score (nSPS) is 16.1. The highest BCUT2D eigenvalue weighted by molar-refractivity contribution is 5.69. The van der Waals surface area contributed by atoms with Crippen molar-refractivity contribution in [3.63, 3.8) is 0 Å². The summed E-state index contributed by atoms with van der Waals surface area (Å²) >= 11 is 0. The van der Waals surface area contributed by atoms with Crippen molar-refractivity contribution in [1.82, 2.24) is 4.90 Å². The van der Waals surface area contributed by atoms with Crippen LogP contribution in [0.15, 0.2) is 42.5 Å². The molecular formula is C18H26N2O2. The van der Waals surface area contributed by atoms with Crippen molar-refractivity contribution in [3.8, 4) is 0 Å². The number of hydrogen-bond acceptors (Lipinski definition) is 4. The van der Waals surface area contributed by atoms with Crippen molar-refractivity contribution in [2.24, 2.45) is 0 Å². The zero-order chi connectivity index (χ0) is 15.6. The van der Waals surface area contributed by atoms with E-state index in [4.69, 9.17) is 4.74 Å². The molecule has 4 nitrogen and oxygen atoms in total. The minimum Gasteiger partial charge on any atom is -0.466 e. The molecule has 0 N–H and O–H groups in total. The van der Waals surface area contributed by atoms with Gasteiger partial charge in [-0.25, -0.2) is 0 Å². The van der Waals surface area contributed by atoms with Gasteiger partial charge in [0.2, 0.25) is 0 Å². The number of ether oxygens (including phenoxy) is 1. The van der Waals surface area contributed by atoms with E-state index < -0.39 is 0 Å². The molecule has 0 spiro atoms. The molecule has 1 aromatic rings. The van der Waals surface area contributed by atoms with Gasteiger partial charge < -0.3 is 9.64 Å². The van der Waals surface area contributed by atoms with Crippen LogP contribution in [0.25, 0.3) is 0 Å². The molecule has 1 aromatic carbocycles. The monoisotopic (exact) mass is 302 g/mol. The van der Waals surface area contributed by atoms with E-state index in [1.54, 1.807) is 0 Å². The molecule has 0 atom stereocenters. The summed E-state index contributed by atoms with van der Waals surface area (Å²) in [5.41, 5.74) is 1.31. The van der Waals surface area contributed by atoms with Gasteiger partial charge in [-0.1, -0.05) is 30.4 Å². The Bertz CT molecular complexity index is 465. The molecule has 0 unspecified atom stereocenters. The number of carbonyl (C=O) groups is 1. The number of nitrogens with zero attached hydrogens (tertiary/aromatic N) is 2. The molecule has 0 radical (unpaired) electrons. The summed E-state index contributed by atoms with van der Waals surface area (Å²) in [4.78, 5) is 16.1. The molecule has 1 aliphatic heterocycles. The summed E-state index contributed by atoms with van der Waals surface area (Å²) < 4.78 is 4.90. The third-order valence-corrected chi connectivity index (χ3v) is 3.84. The Morgan fingerprint density at radius 3 is 2.55 bits per heavy atom. The number of benzene rings is 1. The summed E-state index contributed by atoms with van der Waals surface area (Å²) in [6.07, 6.45) is 5.49. The number of hydrogen-bond donors (Lipinski definition) is 0. The van der Waals surface area contributed by atoms with Gasteiger partial charge in [0.15, 0.2) is 0 Å². The van der Waals surface area contributed by atoms with Gasteiger partial charge in [-0.05, 0) is 25.5 Å². The predicted molar refractivity (Wildman–Crippen MR) is 90.1 cm³/mol. The highest BCUT2D eigenvalue weighted by atomic mass is 16.5. The number of esters is 1. The van der Waals surface area contributed by atoms with Crippen LogP contribution in [0, 0.1) is 0 Å². The van der Waals surface area contributed by atoms with E-state index >= 15 is 0 Å². The fourth-order valence-electron chi connectivity index (χ4n) is 2.60. The van der Waals surface area contributed by atoms with Gasteiger partial charge in [-0.3, -0.25) is 9.69 Å². The van der Waals surface area contributed by atoms with Crippen LogP contribution in [-0.4, -0.2) is 50.2 Å². The minimum atomic E-state index is -0.108. The molecule has 120 valence electrons. The molecule has 1 saturated heterocycles. The number of allylic oxidation sites excluding steroid dienone is 1. The second-order valence-electron chi connectivity index (χ2n) is 5.44. The SMILES string of the molecule is CCOC(=O)CC/C=C/CN1CCN(c2ccccc2)CC1. The lowest BCUT2D eigenvalue weighted by Gasteiger charge is -2.35. The van der Waals surface area contributed by atoms with Crippen LogP contribution in [0.4, 0.5) is 5.69 Å². The van der Waals surface area contributed by atoms with E-state index in [1.165, 1.54) is 5.69 Å². The summed E-state index contributed by atoms with van der Waals surface area (Å²) in [5.74, 6) is -0.108. The summed E-state index contributed by atoms with van der Waals surface area (Å²) in [5, 5.41) is 0. The molecule has 0 amide bonds. The van der Waals surface area contributed by atoms with Gasteiger partial charge in [-0.15, -0.1) is 0 Å². The maximum Gasteiger partial charge on any atom is 0.306 e.